The lowest BCUT2D eigenvalue weighted by atomic mass is 10.2. The maximum absolute atomic E-state index is 12.7. The first-order valence-electron chi connectivity index (χ1n) is 9.26. The van der Waals surface area contributed by atoms with Crippen LogP contribution in [0.2, 0.25) is 5.02 Å². The molecule has 30 heavy (non-hydrogen) atoms. The smallest absolute Gasteiger partial charge is 0.251 e. The number of rotatable bonds is 9. The molecule has 0 aliphatic heterocycles. The highest BCUT2D eigenvalue weighted by molar-refractivity contribution is 7.89. The van der Waals surface area contributed by atoms with E-state index in [2.05, 4.69) is 20.2 Å². The van der Waals surface area contributed by atoms with Crippen molar-refractivity contribution in [3.63, 3.8) is 0 Å². The van der Waals surface area contributed by atoms with Gasteiger partial charge in [-0.2, -0.15) is 4.98 Å². The molecule has 0 saturated heterocycles. The Balaban J connectivity index is 1.61. The van der Waals surface area contributed by atoms with Crippen molar-refractivity contribution in [2.45, 2.75) is 31.2 Å². The second-order valence-corrected chi connectivity index (χ2v) is 8.69. The summed E-state index contributed by atoms with van der Waals surface area (Å²) in [6.07, 6.45) is 1.13. The monoisotopic (exact) mass is 448 g/mol. The number of halogens is 1. The number of hydrogen-bond donors (Lipinski definition) is 2. The maximum atomic E-state index is 12.7. The van der Waals surface area contributed by atoms with Gasteiger partial charge < -0.3 is 9.84 Å². The number of aromatic nitrogens is 2. The van der Waals surface area contributed by atoms with Crippen molar-refractivity contribution in [1.29, 1.82) is 0 Å². The van der Waals surface area contributed by atoms with Gasteiger partial charge in [-0.25, -0.2) is 13.1 Å². The normalized spacial score (nSPS) is 11.4. The van der Waals surface area contributed by atoms with Gasteiger partial charge in [-0.05, 0) is 37.1 Å². The van der Waals surface area contributed by atoms with Gasteiger partial charge in [0.15, 0.2) is 5.82 Å². The summed E-state index contributed by atoms with van der Waals surface area (Å²) in [5.74, 6) is 0.670. The van der Waals surface area contributed by atoms with Crippen LogP contribution in [0.3, 0.4) is 0 Å². The first-order chi connectivity index (χ1) is 14.3. The zero-order valence-electron chi connectivity index (χ0n) is 16.3. The molecule has 0 radical (unpaired) electrons. The Morgan fingerprint density at radius 3 is 2.63 bits per heavy atom. The SMILES string of the molecule is Cc1noc(CCCNC(=O)c2ccc(Cl)c(S(=O)(=O)NCc3ccccc3)c2)n1. The highest BCUT2D eigenvalue weighted by atomic mass is 35.5. The van der Waals surface area contributed by atoms with E-state index >= 15 is 0 Å². The van der Waals surface area contributed by atoms with Crippen LogP contribution in [0.15, 0.2) is 57.9 Å². The van der Waals surface area contributed by atoms with E-state index in [1.54, 1.807) is 6.92 Å². The van der Waals surface area contributed by atoms with E-state index in [0.29, 0.717) is 31.1 Å². The van der Waals surface area contributed by atoms with Gasteiger partial charge in [0.1, 0.15) is 4.90 Å². The van der Waals surface area contributed by atoms with Gasteiger partial charge in [0.25, 0.3) is 5.91 Å². The first kappa shape index (κ1) is 21.9. The molecular weight excluding hydrogens is 428 g/mol. The van der Waals surface area contributed by atoms with Crippen LogP contribution >= 0.6 is 11.6 Å². The maximum Gasteiger partial charge on any atom is 0.251 e. The van der Waals surface area contributed by atoms with E-state index < -0.39 is 15.9 Å². The molecule has 0 atom stereocenters. The van der Waals surface area contributed by atoms with Crippen LogP contribution in [0.5, 0.6) is 0 Å². The average Bonchev–Trinajstić information content (AvgIpc) is 3.15. The third kappa shape index (κ3) is 5.88. The van der Waals surface area contributed by atoms with E-state index in [1.165, 1.54) is 18.2 Å². The number of hydrogen-bond acceptors (Lipinski definition) is 6. The second kappa shape index (κ2) is 9.84. The summed E-state index contributed by atoms with van der Waals surface area (Å²) in [6, 6.07) is 13.3. The minimum atomic E-state index is -3.89. The molecule has 2 N–H and O–H groups in total. The molecule has 3 rings (SSSR count). The summed E-state index contributed by atoms with van der Waals surface area (Å²) in [5, 5.41) is 6.49. The summed E-state index contributed by atoms with van der Waals surface area (Å²) in [7, 11) is -3.89. The molecule has 0 bridgehead atoms. The largest absolute Gasteiger partial charge is 0.352 e. The molecular formula is C20H21ClN4O4S. The number of aryl methyl sites for hydroxylation is 2. The number of carbonyl (C=O) groups is 1. The van der Waals surface area contributed by atoms with Gasteiger partial charge in [-0.3, -0.25) is 4.79 Å². The number of nitrogens with one attached hydrogen (secondary N) is 2. The van der Waals surface area contributed by atoms with Crippen LogP contribution in [0.1, 0.15) is 34.1 Å². The summed E-state index contributed by atoms with van der Waals surface area (Å²) in [5.41, 5.74) is 1.01. The zero-order chi connectivity index (χ0) is 21.6. The van der Waals surface area contributed by atoms with Gasteiger partial charge in [-0.15, -0.1) is 0 Å². The fourth-order valence-electron chi connectivity index (χ4n) is 2.69. The van der Waals surface area contributed by atoms with Crippen molar-refractivity contribution in [1.82, 2.24) is 20.2 Å². The van der Waals surface area contributed by atoms with Gasteiger partial charge >= 0.3 is 0 Å². The number of nitrogens with zero attached hydrogens (tertiary/aromatic N) is 2. The van der Waals surface area contributed by atoms with E-state index in [-0.39, 0.29) is 22.0 Å². The Kier molecular flexibility index (Phi) is 7.20. The standard InChI is InChI=1S/C20H21ClN4O4S/c1-14-24-19(29-25-14)8-5-11-22-20(26)16-9-10-17(21)18(12-16)30(27,28)23-13-15-6-3-2-4-7-15/h2-4,6-7,9-10,12,23H,5,8,11,13H2,1H3,(H,22,26). The van der Waals surface area contributed by atoms with Gasteiger partial charge in [0.2, 0.25) is 15.9 Å². The Morgan fingerprint density at radius 1 is 1.17 bits per heavy atom. The fourth-order valence-corrected chi connectivity index (χ4v) is 4.23. The lowest BCUT2D eigenvalue weighted by molar-refractivity contribution is 0.0952. The summed E-state index contributed by atoms with van der Waals surface area (Å²) in [4.78, 5) is 16.4. The van der Waals surface area contributed by atoms with Crippen molar-refractivity contribution in [2.24, 2.45) is 0 Å². The Hall–Kier alpha value is -2.75. The summed E-state index contributed by atoms with van der Waals surface area (Å²) >= 11 is 6.09. The second-order valence-electron chi connectivity index (χ2n) is 6.55. The van der Waals surface area contributed by atoms with Crippen LogP contribution < -0.4 is 10.0 Å². The van der Waals surface area contributed by atoms with Crippen LogP contribution in [0.25, 0.3) is 0 Å². The molecule has 10 heteroatoms. The average molecular weight is 449 g/mol. The molecule has 8 nitrogen and oxygen atoms in total. The van der Waals surface area contributed by atoms with E-state index in [9.17, 15) is 13.2 Å². The summed E-state index contributed by atoms with van der Waals surface area (Å²) < 4.78 is 32.9. The molecule has 3 aromatic rings. The van der Waals surface area contributed by atoms with E-state index in [1.807, 2.05) is 30.3 Å². The number of amides is 1. The van der Waals surface area contributed by atoms with Crippen LogP contribution in [0, 0.1) is 6.92 Å². The number of sulfonamides is 1. The minimum absolute atomic E-state index is 0.0406. The molecule has 0 aliphatic rings. The third-order valence-electron chi connectivity index (χ3n) is 4.21. The molecule has 1 amide bonds. The molecule has 2 aromatic carbocycles. The lowest BCUT2D eigenvalue weighted by Gasteiger charge is -2.11. The molecule has 0 spiro atoms. The van der Waals surface area contributed by atoms with Gasteiger partial charge in [-0.1, -0.05) is 47.1 Å². The topological polar surface area (TPSA) is 114 Å². The highest BCUT2D eigenvalue weighted by Crippen LogP contribution is 2.23. The van der Waals surface area contributed by atoms with Crippen molar-refractivity contribution >= 4 is 27.5 Å². The summed E-state index contributed by atoms with van der Waals surface area (Å²) in [6.45, 7) is 2.22. The van der Waals surface area contributed by atoms with Crippen LogP contribution in [-0.2, 0) is 23.0 Å². The predicted octanol–water partition coefficient (Wildman–Crippen LogP) is 2.87. The van der Waals surface area contributed by atoms with E-state index in [0.717, 1.165) is 5.56 Å². The first-order valence-corrected chi connectivity index (χ1v) is 11.1. The fraction of sp³-hybridized carbons (Fsp3) is 0.250. The molecule has 1 aromatic heterocycles. The highest BCUT2D eigenvalue weighted by Gasteiger charge is 2.20. The number of benzene rings is 2. The van der Waals surface area contributed by atoms with Gasteiger partial charge in [0.05, 0.1) is 5.02 Å². The zero-order valence-corrected chi connectivity index (χ0v) is 17.8. The van der Waals surface area contributed by atoms with Crippen LogP contribution in [0.4, 0.5) is 0 Å². The molecule has 0 aliphatic carbocycles. The predicted molar refractivity (Wildman–Crippen MR) is 112 cm³/mol. The number of carbonyl (C=O) groups excluding carboxylic acids is 1. The quantitative estimate of drug-likeness (QED) is 0.486. The molecule has 0 fully saturated rings. The molecule has 158 valence electrons. The Morgan fingerprint density at radius 2 is 1.93 bits per heavy atom. The molecule has 0 unspecified atom stereocenters. The van der Waals surface area contributed by atoms with Crippen LogP contribution in [-0.4, -0.2) is 31.0 Å². The third-order valence-corrected chi connectivity index (χ3v) is 6.10. The Labute approximate surface area is 179 Å². The molecule has 0 saturated carbocycles. The molecule has 1 heterocycles. The van der Waals surface area contributed by atoms with Crippen molar-refractivity contribution in [3.05, 3.63) is 76.4 Å². The Bertz CT molecular complexity index is 1120. The van der Waals surface area contributed by atoms with Gasteiger partial charge in [0, 0.05) is 25.1 Å². The van der Waals surface area contributed by atoms with E-state index in [4.69, 9.17) is 16.1 Å². The van der Waals surface area contributed by atoms with Crippen molar-refractivity contribution < 1.29 is 17.7 Å². The lowest BCUT2D eigenvalue weighted by Crippen LogP contribution is -2.26. The minimum Gasteiger partial charge on any atom is -0.352 e. The van der Waals surface area contributed by atoms with Crippen molar-refractivity contribution in [3.8, 4) is 0 Å². The van der Waals surface area contributed by atoms with Crippen molar-refractivity contribution in [2.75, 3.05) is 6.54 Å².